The normalized spacial score (nSPS) is 11.8. The maximum Gasteiger partial charge on any atom is 0.258 e. The van der Waals surface area contributed by atoms with Crippen LogP contribution in [0.5, 0.6) is 5.75 Å². The zero-order chi connectivity index (χ0) is 17.3. The predicted octanol–water partition coefficient (Wildman–Crippen LogP) is 4.51. The average molecular weight is 406 g/mol. The van der Waals surface area contributed by atoms with E-state index in [1.54, 1.807) is 23.7 Å². The van der Waals surface area contributed by atoms with Crippen LogP contribution >= 0.6 is 27.5 Å². The van der Waals surface area contributed by atoms with Crippen LogP contribution in [0.4, 0.5) is 0 Å². The summed E-state index contributed by atoms with van der Waals surface area (Å²) in [5.74, 6) is 0.737. The fraction of sp³-hybridized carbons (Fsp3) is 0.111. The van der Waals surface area contributed by atoms with Crippen molar-refractivity contribution < 1.29 is 4.74 Å². The van der Waals surface area contributed by atoms with Gasteiger partial charge in [-0.05, 0) is 58.8 Å². The van der Waals surface area contributed by atoms with Crippen LogP contribution < -0.4 is 10.3 Å². The number of methoxy groups -OCH3 is 1. The number of benzene rings is 1. The smallest absolute Gasteiger partial charge is 0.258 e. The van der Waals surface area contributed by atoms with E-state index in [0.717, 1.165) is 21.5 Å². The molecule has 0 saturated carbocycles. The molecule has 0 aliphatic carbocycles. The van der Waals surface area contributed by atoms with Crippen LogP contribution in [0.2, 0.25) is 0 Å². The third-order valence-corrected chi connectivity index (χ3v) is 4.52. The second-order valence-corrected chi connectivity index (χ2v) is 6.49. The molecule has 0 spiro atoms. The van der Waals surface area contributed by atoms with Crippen LogP contribution in [0.25, 0.3) is 16.8 Å². The monoisotopic (exact) mass is 404 g/mol. The van der Waals surface area contributed by atoms with Crippen LogP contribution in [0.3, 0.4) is 0 Å². The summed E-state index contributed by atoms with van der Waals surface area (Å²) in [4.78, 5) is 16.8. The Hall–Kier alpha value is -2.11. The molecule has 122 valence electrons. The number of aromatic nitrogens is 2. The molecule has 0 unspecified atom stereocenters. The van der Waals surface area contributed by atoms with Gasteiger partial charge in [0.25, 0.3) is 5.56 Å². The van der Waals surface area contributed by atoms with E-state index < -0.39 is 0 Å². The molecular formula is C18H14BrClN2O2. The first-order chi connectivity index (χ1) is 11.5. The Bertz CT molecular complexity index is 1010. The second kappa shape index (κ2) is 6.79. The first-order valence-electron chi connectivity index (χ1n) is 7.20. The molecule has 2 heterocycles. The number of nitrogens with zero attached hydrogens (tertiary/aromatic N) is 2. The number of hydrogen-bond donors (Lipinski definition) is 0. The highest BCUT2D eigenvalue weighted by Gasteiger charge is 2.08. The fourth-order valence-corrected chi connectivity index (χ4v) is 3.21. The van der Waals surface area contributed by atoms with Gasteiger partial charge in [-0.2, -0.15) is 0 Å². The summed E-state index contributed by atoms with van der Waals surface area (Å²) in [7, 11) is 1.61. The lowest BCUT2D eigenvalue weighted by atomic mass is 10.2. The van der Waals surface area contributed by atoms with E-state index in [9.17, 15) is 4.79 Å². The highest BCUT2D eigenvalue weighted by Crippen LogP contribution is 2.28. The second-order valence-electron chi connectivity index (χ2n) is 5.23. The molecule has 0 bridgehead atoms. The number of fused-ring (bicyclic) bond motifs is 1. The summed E-state index contributed by atoms with van der Waals surface area (Å²) in [6.07, 6.45) is 1.76. The van der Waals surface area contributed by atoms with Crippen molar-refractivity contribution in [2.24, 2.45) is 0 Å². The molecule has 0 amide bonds. The Morgan fingerprint density at radius 1 is 1.29 bits per heavy atom. The summed E-state index contributed by atoms with van der Waals surface area (Å²) in [5, 5.41) is 0.396. The van der Waals surface area contributed by atoms with Crippen LogP contribution in [0.1, 0.15) is 17.0 Å². The minimum absolute atomic E-state index is 0.157. The lowest BCUT2D eigenvalue weighted by Gasteiger charge is -2.07. The van der Waals surface area contributed by atoms with Crippen molar-refractivity contribution in [2.75, 3.05) is 7.11 Å². The van der Waals surface area contributed by atoms with Gasteiger partial charge in [-0.3, -0.25) is 9.20 Å². The number of rotatable bonds is 3. The van der Waals surface area contributed by atoms with Crippen LogP contribution in [-0.4, -0.2) is 16.5 Å². The van der Waals surface area contributed by atoms with Gasteiger partial charge >= 0.3 is 0 Å². The van der Waals surface area contributed by atoms with Gasteiger partial charge < -0.3 is 4.74 Å². The molecule has 1 aromatic carbocycles. The summed E-state index contributed by atoms with van der Waals surface area (Å²) < 4.78 is 7.59. The quantitative estimate of drug-likeness (QED) is 0.644. The summed E-state index contributed by atoms with van der Waals surface area (Å²) >= 11 is 9.82. The SMILES string of the molecule is COc1ccc(/C=C(\Cl)c2cc(=O)n3c(C)cccc3n2)cc1Br. The van der Waals surface area contributed by atoms with Crippen molar-refractivity contribution in [3.63, 3.8) is 0 Å². The largest absolute Gasteiger partial charge is 0.496 e. The maximum atomic E-state index is 12.3. The van der Waals surface area contributed by atoms with E-state index in [1.165, 1.54) is 6.07 Å². The Kier molecular flexibility index (Phi) is 4.73. The molecule has 24 heavy (non-hydrogen) atoms. The van der Waals surface area contributed by atoms with E-state index in [0.29, 0.717) is 16.4 Å². The van der Waals surface area contributed by atoms with Crippen LogP contribution in [0, 0.1) is 6.92 Å². The van der Waals surface area contributed by atoms with Gasteiger partial charge in [0.1, 0.15) is 11.4 Å². The van der Waals surface area contributed by atoms with Crippen molar-refractivity contribution in [2.45, 2.75) is 6.92 Å². The zero-order valence-corrected chi connectivity index (χ0v) is 15.4. The van der Waals surface area contributed by atoms with E-state index in [-0.39, 0.29) is 5.56 Å². The van der Waals surface area contributed by atoms with Gasteiger partial charge in [-0.15, -0.1) is 0 Å². The van der Waals surface area contributed by atoms with Gasteiger partial charge in [-0.25, -0.2) is 4.98 Å². The minimum atomic E-state index is -0.157. The summed E-state index contributed by atoms with van der Waals surface area (Å²) in [6, 6.07) is 12.6. The van der Waals surface area contributed by atoms with Gasteiger partial charge in [0, 0.05) is 11.8 Å². The third kappa shape index (κ3) is 3.23. The molecule has 0 radical (unpaired) electrons. The van der Waals surface area contributed by atoms with E-state index >= 15 is 0 Å². The van der Waals surface area contributed by atoms with Crippen LogP contribution in [0.15, 0.2) is 51.7 Å². The van der Waals surface area contributed by atoms with Crippen molar-refractivity contribution in [1.82, 2.24) is 9.38 Å². The first-order valence-corrected chi connectivity index (χ1v) is 8.37. The molecule has 0 atom stereocenters. The lowest BCUT2D eigenvalue weighted by molar-refractivity contribution is 0.412. The molecule has 2 aromatic heterocycles. The lowest BCUT2D eigenvalue weighted by Crippen LogP contribution is -2.16. The van der Waals surface area contributed by atoms with E-state index in [2.05, 4.69) is 20.9 Å². The summed E-state index contributed by atoms with van der Waals surface area (Å²) in [5.41, 5.74) is 2.56. The number of pyridine rings is 1. The molecule has 0 fully saturated rings. The minimum Gasteiger partial charge on any atom is -0.496 e. The van der Waals surface area contributed by atoms with Gasteiger partial charge in [-0.1, -0.05) is 23.7 Å². The molecule has 6 heteroatoms. The molecule has 4 nitrogen and oxygen atoms in total. The van der Waals surface area contributed by atoms with Gasteiger partial charge in [0.2, 0.25) is 0 Å². The van der Waals surface area contributed by atoms with Gasteiger partial charge in [0.15, 0.2) is 0 Å². The standard InChI is InChI=1S/C18H14BrClN2O2/c1-11-4-3-5-17-21-15(10-18(23)22(11)17)14(20)9-12-6-7-16(24-2)13(19)8-12/h3-10H,1-2H3/b14-9-. The molecular weight excluding hydrogens is 392 g/mol. The van der Waals surface area contributed by atoms with E-state index in [1.807, 2.05) is 37.3 Å². The third-order valence-electron chi connectivity index (χ3n) is 3.59. The number of ether oxygens (including phenoxy) is 1. The topological polar surface area (TPSA) is 43.6 Å². The molecule has 0 N–H and O–H groups in total. The molecule has 3 aromatic rings. The maximum absolute atomic E-state index is 12.3. The number of halogens is 2. The molecule has 3 rings (SSSR count). The number of aryl methyl sites for hydroxylation is 1. The van der Waals surface area contributed by atoms with Crippen molar-refractivity contribution >= 4 is 44.3 Å². The Balaban J connectivity index is 2.06. The Labute approximate surface area is 152 Å². The van der Waals surface area contributed by atoms with Crippen LogP contribution in [-0.2, 0) is 0 Å². The Morgan fingerprint density at radius 2 is 2.08 bits per heavy atom. The fourth-order valence-electron chi connectivity index (χ4n) is 2.43. The summed E-state index contributed by atoms with van der Waals surface area (Å²) in [6.45, 7) is 1.86. The van der Waals surface area contributed by atoms with Gasteiger partial charge in [0.05, 0.1) is 22.3 Å². The van der Waals surface area contributed by atoms with Crippen molar-refractivity contribution in [3.8, 4) is 5.75 Å². The predicted molar refractivity (Wildman–Crippen MR) is 101 cm³/mol. The van der Waals surface area contributed by atoms with E-state index in [4.69, 9.17) is 16.3 Å². The first kappa shape index (κ1) is 16.7. The highest BCUT2D eigenvalue weighted by molar-refractivity contribution is 9.10. The Morgan fingerprint density at radius 3 is 2.79 bits per heavy atom. The average Bonchev–Trinajstić information content (AvgIpc) is 2.54. The highest BCUT2D eigenvalue weighted by atomic mass is 79.9. The van der Waals surface area contributed by atoms with Crippen molar-refractivity contribution in [1.29, 1.82) is 0 Å². The van der Waals surface area contributed by atoms with Crippen molar-refractivity contribution in [3.05, 3.63) is 74.2 Å². The number of hydrogen-bond acceptors (Lipinski definition) is 3. The zero-order valence-electron chi connectivity index (χ0n) is 13.1. The molecule has 0 saturated heterocycles. The molecule has 0 aliphatic heterocycles. The molecule has 0 aliphatic rings.